The second-order valence-corrected chi connectivity index (χ2v) is 12.1. The predicted molar refractivity (Wildman–Crippen MR) is 160 cm³/mol. The number of hydrogen-bond acceptors (Lipinski definition) is 7. The molecule has 40 heavy (non-hydrogen) atoms. The molecular weight excluding hydrogens is 522 g/mol. The van der Waals surface area contributed by atoms with Gasteiger partial charge in [0, 0.05) is 25.0 Å². The van der Waals surface area contributed by atoms with Crippen molar-refractivity contribution in [2.24, 2.45) is 11.8 Å². The zero-order valence-electron chi connectivity index (χ0n) is 22.8. The Morgan fingerprint density at radius 3 is 2.20 bits per heavy atom. The van der Waals surface area contributed by atoms with Crippen LogP contribution in [-0.4, -0.2) is 45.1 Å². The molecule has 3 N–H and O–H groups in total. The minimum absolute atomic E-state index is 0.317. The van der Waals surface area contributed by atoms with Crippen LogP contribution in [0.2, 0.25) is 0 Å². The molecule has 0 saturated heterocycles. The Kier molecular flexibility index (Phi) is 9.13. The Labute approximate surface area is 236 Å². The third-order valence-electron chi connectivity index (χ3n) is 7.60. The summed E-state index contributed by atoms with van der Waals surface area (Å²) in [5.74, 6) is 3.17. The third-order valence-corrected chi connectivity index (χ3v) is 9.04. The zero-order valence-corrected chi connectivity index (χ0v) is 23.7. The Morgan fingerprint density at radius 1 is 0.800 bits per heavy atom. The van der Waals surface area contributed by atoms with Gasteiger partial charge in [0.1, 0.15) is 11.6 Å². The number of fused-ring (bicyclic) bond motifs is 1. The first-order valence-electron chi connectivity index (χ1n) is 13.9. The minimum Gasteiger partial charge on any atom is -0.497 e. The van der Waals surface area contributed by atoms with E-state index >= 15 is 0 Å². The molecule has 1 saturated carbocycles. The van der Waals surface area contributed by atoms with E-state index in [4.69, 9.17) is 14.7 Å². The van der Waals surface area contributed by atoms with Crippen molar-refractivity contribution in [3.05, 3.63) is 84.4 Å². The maximum absolute atomic E-state index is 12.5. The SMILES string of the molecule is COc1ccc(CCNc2nc(NC[C@H]3CC[C@H](CNS(=O)(=O)c4ccccc4)CC3)nc3ccccc23)cc1. The van der Waals surface area contributed by atoms with E-state index in [1.165, 1.54) is 5.56 Å². The molecule has 5 rings (SSSR count). The molecule has 0 unspecified atom stereocenters. The van der Waals surface area contributed by atoms with Crippen LogP contribution in [0.5, 0.6) is 5.75 Å². The molecule has 1 aliphatic carbocycles. The van der Waals surface area contributed by atoms with E-state index in [0.29, 0.717) is 29.2 Å². The van der Waals surface area contributed by atoms with E-state index in [2.05, 4.69) is 27.5 Å². The van der Waals surface area contributed by atoms with E-state index in [1.807, 2.05) is 42.5 Å². The molecule has 1 fully saturated rings. The average Bonchev–Trinajstić information content (AvgIpc) is 3.00. The van der Waals surface area contributed by atoms with Crippen LogP contribution in [0.25, 0.3) is 10.9 Å². The van der Waals surface area contributed by atoms with Crippen LogP contribution in [0.1, 0.15) is 31.2 Å². The van der Waals surface area contributed by atoms with Crippen LogP contribution in [-0.2, 0) is 16.4 Å². The summed E-state index contributed by atoms with van der Waals surface area (Å²) in [5.41, 5.74) is 2.13. The first-order chi connectivity index (χ1) is 19.5. The normalized spacial score (nSPS) is 17.4. The number of rotatable bonds is 12. The molecule has 0 spiro atoms. The number of methoxy groups -OCH3 is 1. The molecule has 0 amide bonds. The van der Waals surface area contributed by atoms with Gasteiger partial charge in [-0.15, -0.1) is 0 Å². The van der Waals surface area contributed by atoms with Gasteiger partial charge in [0.2, 0.25) is 16.0 Å². The van der Waals surface area contributed by atoms with Gasteiger partial charge in [-0.1, -0.05) is 42.5 Å². The molecule has 1 aliphatic rings. The van der Waals surface area contributed by atoms with Gasteiger partial charge in [-0.3, -0.25) is 0 Å². The molecule has 3 aromatic carbocycles. The molecule has 0 radical (unpaired) electrons. The number of hydrogen-bond donors (Lipinski definition) is 3. The van der Waals surface area contributed by atoms with Crippen LogP contribution < -0.4 is 20.1 Å². The van der Waals surface area contributed by atoms with Crippen molar-refractivity contribution in [2.75, 3.05) is 37.4 Å². The fraction of sp³-hybridized carbons (Fsp3) is 0.355. The summed E-state index contributed by atoms with van der Waals surface area (Å²) in [4.78, 5) is 9.88. The quantitative estimate of drug-likeness (QED) is 0.211. The Morgan fingerprint density at radius 2 is 1.48 bits per heavy atom. The topological polar surface area (TPSA) is 105 Å². The lowest BCUT2D eigenvalue weighted by atomic mass is 9.82. The molecule has 0 atom stereocenters. The number of benzene rings is 3. The second-order valence-electron chi connectivity index (χ2n) is 10.4. The van der Waals surface area contributed by atoms with Crippen molar-refractivity contribution in [1.29, 1.82) is 0 Å². The third kappa shape index (κ3) is 7.28. The van der Waals surface area contributed by atoms with Gasteiger partial charge in [0.25, 0.3) is 0 Å². The molecule has 4 aromatic rings. The van der Waals surface area contributed by atoms with Crippen LogP contribution in [0.15, 0.2) is 83.8 Å². The van der Waals surface area contributed by atoms with Crippen molar-refractivity contribution >= 4 is 32.7 Å². The summed E-state index contributed by atoms with van der Waals surface area (Å²) >= 11 is 0. The van der Waals surface area contributed by atoms with Gasteiger partial charge in [-0.05, 0) is 85.9 Å². The molecule has 1 heterocycles. The Hall–Kier alpha value is -3.69. The molecule has 0 bridgehead atoms. The number of nitrogens with zero attached hydrogens (tertiary/aromatic N) is 2. The lowest BCUT2D eigenvalue weighted by Gasteiger charge is -2.28. The molecule has 210 valence electrons. The number of aromatic nitrogens is 2. The largest absolute Gasteiger partial charge is 0.497 e. The zero-order chi connectivity index (χ0) is 27.8. The van der Waals surface area contributed by atoms with Gasteiger partial charge >= 0.3 is 0 Å². The fourth-order valence-corrected chi connectivity index (χ4v) is 6.33. The van der Waals surface area contributed by atoms with E-state index in [0.717, 1.165) is 67.7 Å². The van der Waals surface area contributed by atoms with Crippen molar-refractivity contribution in [1.82, 2.24) is 14.7 Å². The highest BCUT2D eigenvalue weighted by atomic mass is 32.2. The van der Waals surface area contributed by atoms with E-state index in [9.17, 15) is 8.42 Å². The number of sulfonamides is 1. The van der Waals surface area contributed by atoms with Crippen molar-refractivity contribution in [3.8, 4) is 5.75 Å². The van der Waals surface area contributed by atoms with Crippen molar-refractivity contribution < 1.29 is 13.2 Å². The standard InChI is InChI=1S/C31H37N5O3S/c1-39-26-17-15-23(16-18-26)19-20-32-30-28-9-5-6-10-29(28)35-31(36-30)33-21-24-11-13-25(14-12-24)22-34-40(37,38)27-7-3-2-4-8-27/h2-10,15-18,24-25,34H,11-14,19-22H2,1H3,(H2,32,33,35,36)/t24-,25-. The highest BCUT2D eigenvalue weighted by Crippen LogP contribution is 2.29. The van der Waals surface area contributed by atoms with Crippen LogP contribution in [0.4, 0.5) is 11.8 Å². The lowest BCUT2D eigenvalue weighted by molar-refractivity contribution is 0.284. The van der Waals surface area contributed by atoms with Gasteiger partial charge in [-0.25, -0.2) is 18.1 Å². The van der Waals surface area contributed by atoms with Crippen molar-refractivity contribution in [2.45, 2.75) is 37.0 Å². The van der Waals surface area contributed by atoms with Crippen LogP contribution in [0, 0.1) is 11.8 Å². The Bertz CT molecular complexity index is 1490. The van der Waals surface area contributed by atoms with Gasteiger partial charge in [-0.2, -0.15) is 4.98 Å². The molecule has 0 aliphatic heterocycles. The van der Waals surface area contributed by atoms with E-state index in [1.54, 1.807) is 31.4 Å². The first-order valence-corrected chi connectivity index (χ1v) is 15.4. The highest BCUT2D eigenvalue weighted by molar-refractivity contribution is 7.89. The maximum Gasteiger partial charge on any atom is 0.240 e. The molecule has 8 nitrogen and oxygen atoms in total. The maximum atomic E-state index is 12.5. The van der Waals surface area contributed by atoms with Gasteiger partial charge in [0.05, 0.1) is 17.5 Å². The van der Waals surface area contributed by atoms with Gasteiger partial charge < -0.3 is 15.4 Å². The predicted octanol–water partition coefficient (Wildman–Crippen LogP) is 5.49. The summed E-state index contributed by atoms with van der Waals surface area (Å²) in [6, 6.07) is 24.7. The van der Waals surface area contributed by atoms with E-state index in [-0.39, 0.29) is 0 Å². The summed E-state index contributed by atoms with van der Waals surface area (Å²) in [6.45, 7) is 2.04. The first kappa shape index (κ1) is 27.9. The molecular formula is C31H37N5O3S. The lowest BCUT2D eigenvalue weighted by Crippen LogP contribution is -2.32. The Balaban J connectivity index is 1.12. The molecule has 9 heteroatoms. The summed E-state index contributed by atoms with van der Waals surface area (Å²) < 4.78 is 33.1. The van der Waals surface area contributed by atoms with Gasteiger partial charge in [0.15, 0.2) is 0 Å². The monoisotopic (exact) mass is 559 g/mol. The smallest absolute Gasteiger partial charge is 0.240 e. The molecule has 1 aromatic heterocycles. The summed E-state index contributed by atoms with van der Waals surface area (Å²) in [7, 11) is -1.78. The van der Waals surface area contributed by atoms with Crippen LogP contribution in [0.3, 0.4) is 0 Å². The number of nitrogens with one attached hydrogen (secondary N) is 3. The van der Waals surface area contributed by atoms with Crippen LogP contribution >= 0.6 is 0 Å². The number of para-hydroxylation sites is 1. The fourth-order valence-electron chi connectivity index (χ4n) is 5.19. The average molecular weight is 560 g/mol. The van der Waals surface area contributed by atoms with Crippen molar-refractivity contribution in [3.63, 3.8) is 0 Å². The number of anilines is 2. The summed E-state index contributed by atoms with van der Waals surface area (Å²) in [5, 5.41) is 7.98. The second kappa shape index (κ2) is 13.1. The minimum atomic E-state index is -3.46. The summed E-state index contributed by atoms with van der Waals surface area (Å²) in [6.07, 6.45) is 4.97. The highest BCUT2D eigenvalue weighted by Gasteiger charge is 2.23. The van der Waals surface area contributed by atoms with E-state index < -0.39 is 10.0 Å². The number of ether oxygens (including phenoxy) is 1.